The van der Waals surface area contributed by atoms with Crippen LogP contribution in [0.15, 0.2) is 59.9 Å². The van der Waals surface area contributed by atoms with Crippen molar-refractivity contribution in [3.63, 3.8) is 0 Å². The lowest BCUT2D eigenvalue weighted by Crippen LogP contribution is -3.00. The summed E-state index contributed by atoms with van der Waals surface area (Å²) in [5, 5.41) is 15.3. The third kappa shape index (κ3) is 2.37. The first-order valence-corrected chi connectivity index (χ1v) is 5.86. The highest BCUT2D eigenvalue weighted by Gasteiger charge is 2.11. The van der Waals surface area contributed by atoms with Gasteiger partial charge >= 0.3 is 0 Å². The number of hydrogen-bond donors (Lipinski definition) is 1. The zero-order chi connectivity index (χ0) is 12.4. The number of para-hydroxylation sites is 1. The van der Waals surface area contributed by atoms with E-state index in [0.29, 0.717) is 6.54 Å². The average molecular weight is 273 g/mol. The summed E-state index contributed by atoms with van der Waals surface area (Å²) in [6.45, 7) is 0.557. The fourth-order valence-electron chi connectivity index (χ4n) is 2.32. The number of benzene rings is 2. The Bertz CT molecular complexity index is 740. The lowest BCUT2D eigenvalue weighted by Gasteiger charge is -2.03. The van der Waals surface area contributed by atoms with Crippen molar-refractivity contribution in [2.45, 2.75) is 6.54 Å². The van der Waals surface area contributed by atoms with Gasteiger partial charge in [0.15, 0.2) is 12.7 Å². The maximum Gasteiger partial charge on any atom is 0.213 e. The molecule has 0 atom stereocenters. The van der Waals surface area contributed by atoms with Gasteiger partial charge in [-0.15, -0.1) is 0 Å². The Morgan fingerprint density at radius 3 is 2.47 bits per heavy atom. The molecule has 0 aliphatic heterocycles. The van der Waals surface area contributed by atoms with Gasteiger partial charge in [0.05, 0.1) is 5.39 Å². The summed E-state index contributed by atoms with van der Waals surface area (Å²) < 4.78 is 2.08. The van der Waals surface area contributed by atoms with Crippen molar-refractivity contribution < 1.29 is 22.2 Å². The van der Waals surface area contributed by atoms with Crippen molar-refractivity contribution >= 4 is 27.9 Å². The van der Waals surface area contributed by atoms with Gasteiger partial charge in [-0.05, 0) is 12.1 Å². The molecule has 0 saturated carbocycles. The largest absolute Gasteiger partial charge is 1.00 e. The first kappa shape index (κ1) is 13.3. The van der Waals surface area contributed by atoms with E-state index in [2.05, 4.69) is 40.2 Å². The molecule has 0 amide bonds. The van der Waals surface area contributed by atoms with E-state index in [-0.39, 0.29) is 12.4 Å². The van der Waals surface area contributed by atoms with Crippen LogP contribution in [0.2, 0.25) is 0 Å². The molecule has 3 aromatic rings. The predicted octanol–water partition coefficient (Wildman–Crippen LogP) is -0.256. The number of oxime groups is 1. The van der Waals surface area contributed by atoms with Gasteiger partial charge in [-0.1, -0.05) is 35.5 Å². The number of fused-ring (bicyclic) bond motifs is 3. The van der Waals surface area contributed by atoms with Crippen LogP contribution in [0.4, 0.5) is 0 Å². The molecule has 4 heteroatoms. The molecular formula is C15H13ClN2O. The van der Waals surface area contributed by atoms with E-state index in [1.54, 1.807) is 0 Å². The molecule has 0 bridgehead atoms. The molecule has 0 spiro atoms. The molecule has 2 aromatic carbocycles. The monoisotopic (exact) mass is 272 g/mol. The van der Waals surface area contributed by atoms with Crippen LogP contribution in [0.25, 0.3) is 21.7 Å². The number of pyridine rings is 1. The van der Waals surface area contributed by atoms with Gasteiger partial charge in [0, 0.05) is 16.8 Å². The van der Waals surface area contributed by atoms with Gasteiger partial charge < -0.3 is 17.6 Å². The maximum atomic E-state index is 8.57. The molecule has 0 saturated heterocycles. The minimum atomic E-state index is 0. The van der Waals surface area contributed by atoms with Gasteiger partial charge in [0.2, 0.25) is 5.52 Å². The van der Waals surface area contributed by atoms with E-state index in [1.165, 1.54) is 22.4 Å². The molecule has 3 rings (SSSR count). The molecule has 1 heterocycles. The number of aromatic nitrogens is 1. The Morgan fingerprint density at radius 1 is 1.00 bits per heavy atom. The van der Waals surface area contributed by atoms with Crippen LogP contribution in [0.1, 0.15) is 0 Å². The molecule has 0 aliphatic rings. The summed E-state index contributed by atoms with van der Waals surface area (Å²) in [7, 11) is 0. The van der Waals surface area contributed by atoms with Crippen LogP contribution < -0.4 is 17.0 Å². The summed E-state index contributed by atoms with van der Waals surface area (Å²) >= 11 is 0. The minimum absolute atomic E-state index is 0. The summed E-state index contributed by atoms with van der Waals surface area (Å²) in [6, 6.07) is 16.5. The molecule has 3 nitrogen and oxygen atoms in total. The number of nitrogens with zero attached hydrogens (tertiary/aromatic N) is 2. The Kier molecular flexibility index (Phi) is 3.97. The van der Waals surface area contributed by atoms with Crippen LogP contribution in [-0.2, 0) is 6.54 Å². The van der Waals surface area contributed by atoms with Crippen molar-refractivity contribution in [2.24, 2.45) is 5.16 Å². The molecule has 0 unspecified atom stereocenters. The van der Waals surface area contributed by atoms with Crippen LogP contribution in [0.3, 0.4) is 0 Å². The van der Waals surface area contributed by atoms with E-state index in [1.807, 2.05) is 24.3 Å². The first-order valence-electron chi connectivity index (χ1n) is 5.86. The van der Waals surface area contributed by atoms with Gasteiger partial charge in [-0.3, -0.25) is 0 Å². The van der Waals surface area contributed by atoms with E-state index in [0.717, 1.165) is 5.52 Å². The summed E-state index contributed by atoms with van der Waals surface area (Å²) in [4.78, 5) is 0. The van der Waals surface area contributed by atoms with Crippen LogP contribution in [-0.4, -0.2) is 11.4 Å². The van der Waals surface area contributed by atoms with Crippen LogP contribution in [0.5, 0.6) is 0 Å². The smallest absolute Gasteiger partial charge is 0.213 e. The summed E-state index contributed by atoms with van der Waals surface area (Å²) in [6.07, 6.45) is 3.57. The molecule has 1 N–H and O–H groups in total. The number of rotatable bonds is 2. The Morgan fingerprint density at radius 2 is 1.68 bits per heavy atom. The van der Waals surface area contributed by atoms with Gasteiger partial charge in [0.1, 0.15) is 6.21 Å². The summed E-state index contributed by atoms with van der Waals surface area (Å²) in [5.41, 5.74) is 1.14. The minimum Gasteiger partial charge on any atom is -1.00 e. The summed E-state index contributed by atoms with van der Waals surface area (Å²) in [5.74, 6) is 0. The standard InChI is InChI=1S/C15H12N2O.ClH/c18-16-9-10-17-11-12-5-1-2-6-13(12)14-7-3-4-8-15(14)17;/h1-9,11H,10H2;1H/b16-9+;. The van der Waals surface area contributed by atoms with Crippen molar-refractivity contribution in [3.8, 4) is 0 Å². The quantitative estimate of drug-likeness (QED) is 0.226. The molecule has 19 heavy (non-hydrogen) atoms. The third-order valence-electron chi connectivity index (χ3n) is 3.12. The fraction of sp³-hybridized carbons (Fsp3) is 0.0667. The zero-order valence-electron chi connectivity index (χ0n) is 10.2. The van der Waals surface area contributed by atoms with Gasteiger partial charge in [0.25, 0.3) is 0 Å². The molecule has 96 valence electrons. The second-order valence-electron chi connectivity index (χ2n) is 4.18. The first-order chi connectivity index (χ1) is 8.90. The van der Waals surface area contributed by atoms with Gasteiger partial charge in [-0.2, -0.15) is 4.57 Å². The predicted molar refractivity (Wildman–Crippen MR) is 71.9 cm³/mol. The third-order valence-corrected chi connectivity index (χ3v) is 3.12. The van der Waals surface area contributed by atoms with Crippen molar-refractivity contribution in [1.82, 2.24) is 0 Å². The molecule has 0 fully saturated rings. The van der Waals surface area contributed by atoms with E-state index >= 15 is 0 Å². The Labute approximate surface area is 117 Å². The van der Waals surface area contributed by atoms with Crippen molar-refractivity contribution in [3.05, 3.63) is 54.7 Å². The maximum absolute atomic E-state index is 8.57. The fourth-order valence-corrected chi connectivity index (χ4v) is 2.32. The topological polar surface area (TPSA) is 36.5 Å². The highest BCUT2D eigenvalue weighted by molar-refractivity contribution is 6.03. The second-order valence-corrected chi connectivity index (χ2v) is 4.18. The molecular weight excluding hydrogens is 260 g/mol. The number of hydrogen-bond acceptors (Lipinski definition) is 2. The normalized spacial score (nSPS) is 10.9. The lowest BCUT2D eigenvalue weighted by atomic mass is 10.1. The highest BCUT2D eigenvalue weighted by Crippen LogP contribution is 2.21. The van der Waals surface area contributed by atoms with E-state index < -0.39 is 0 Å². The number of halogens is 1. The van der Waals surface area contributed by atoms with E-state index in [4.69, 9.17) is 5.21 Å². The molecule has 0 radical (unpaired) electrons. The molecule has 0 aliphatic carbocycles. The van der Waals surface area contributed by atoms with Crippen molar-refractivity contribution in [2.75, 3.05) is 0 Å². The Hall–Kier alpha value is -2.13. The Balaban J connectivity index is 0.00000133. The zero-order valence-corrected chi connectivity index (χ0v) is 11.0. The average Bonchev–Trinajstić information content (AvgIpc) is 2.45. The van der Waals surface area contributed by atoms with Gasteiger partial charge in [-0.25, -0.2) is 0 Å². The molecule has 1 aromatic heterocycles. The lowest BCUT2D eigenvalue weighted by molar-refractivity contribution is -0.653. The van der Waals surface area contributed by atoms with Crippen LogP contribution in [0, 0.1) is 0 Å². The van der Waals surface area contributed by atoms with Crippen LogP contribution >= 0.6 is 0 Å². The highest BCUT2D eigenvalue weighted by atomic mass is 35.5. The van der Waals surface area contributed by atoms with Crippen molar-refractivity contribution in [1.29, 1.82) is 0 Å². The SMILES string of the molecule is O/N=C/C[n+]1cc2ccccc2c2ccccc21.[Cl-]. The second kappa shape index (κ2) is 5.67. The van der Waals surface area contributed by atoms with E-state index in [9.17, 15) is 0 Å².